The average molecular weight is 498 g/mol. The summed E-state index contributed by atoms with van der Waals surface area (Å²) in [5, 5.41) is 0.558. The smallest absolute Gasteiger partial charge is 0.247 e. The van der Waals surface area contributed by atoms with Crippen molar-refractivity contribution in [3.05, 3.63) is 60.2 Å². The monoisotopic (exact) mass is 497 g/mol. The average Bonchev–Trinajstić information content (AvgIpc) is 3.31. The second-order valence-electron chi connectivity index (χ2n) is 9.45. The van der Waals surface area contributed by atoms with E-state index in [1.807, 2.05) is 17.0 Å². The first-order valence-electron chi connectivity index (χ1n) is 12.1. The van der Waals surface area contributed by atoms with Crippen LogP contribution in [0.4, 0.5) is 11.4 Å². The molecule has 2 unspecified atom stereocenters. The summed E-state index contributed by atoms with van der Waals surface area (Å²) < 4.78 is 24.5. The fourth-order valence-electron chi connectivity index (χ4n) is 5.22. The molecule has 6 nitrogen and oxygen atoms in total. The van der Waals surface area contributed by atoms with Crippen LogP contribution in [-0.4, -0.2) is 55.4 Å². The van der Waals surface area contributed by atoms with E-state index >= 15 is 0 Å². The molecule has 3 saturated heterocycles. The van der Waals surface area contributed by atoms with Crippen molar-refractivity contribution in [2.24, 2.45) is 10.9 Å². The van der Waals surface area contributed by atoms with Crippen LogP contribution in [0.2, 0.25) is 0 Å². The number of sulfone groups is 1. The highest BCUT2D eigenvalue weighted by molar-refractivity contribution is 8.16. The zero-order valence-corrected chi connectivity index (χ0v) is 21.1. The minimum absolute atomic E-state index is 0.0725. The fraction of sp³-hybridized carbons (Fsp3) is 0.462. The Kier molecular flexibility index (Phi) is 6.71. The van der Waals surface area contributed by atoms with Gasteiger partial charge in [-0.1, -0.05) is 49.0 Å². The number of piperidine rings is 1. The van der Waals surface area contributed by atoms with Crippen molar-refractivity contribution in [2.75, 3.05) is 34.4 Å². The Labute approximate surface area is 206 Å². The Morgan fingerprint density at radius 2 is 1.68 bits per heavy atom. The molecule has 0 spiro atoms. The lowest BCUT2D eigenvalue weighted by Crippen LogP contribution is -2.38. The van der Waals surface area contributed by atoms with Crippen LogP contribution in [0.5, 0.6) is 0 Å². The van der Waals surface area contributed by atoms with Crippen molar-refractivity contribution in [1.29, 1.82) is 0 Å². The SMILES string of the molecule is CCC(=O)N=C1SC2CS(=O)(=O)CC2N1c1ccc(N2CCC(Cc3ccccc3)CC2)cc1. The van der Waals surface area contributed by atoms with Gasteiger partial charge in [0.15, 0.2) is 15.0 Å². The number of carbonyl (C=O) groups excluding carboxylic acids is 1. The van der Waals surface area contributed by atoms with Crippen molar-refractivity contribution < 1.29 is 13.2 Å². The molecular formula is C26H31N3O3S2. The van der Waals surface area contributed by atoms with Crippen LogP contribution in [0.25, 0.3) is 0 Å². The van der Waals surface area contributed by atoms with Crippen LogP contribution in [0.1, 0.15) is 31.7 Å². The summed E-state index contributed by atoms with van der Waals surface area (Å²) >= 11 is 1.43. The van der Waals surface area contributed by atoms with Crippen molar-refractivity contribution >= 4 is 44.0 Å². The molecule has 3 heterocycles. The van der Waals surface area contributed by atoms with Crippen molar-refractivity contribution in [2.45, 2.75) is 43.9 Å². The number of aliphatic imine (C=N–C) groups is 1. The number of fused-ring (bicyclic) bond motifs is 1. The number of amidine groups is 1. The molecule has 2 aromatic rings. The Morgan fingerprint density at radius 1 is 1.00 bits per heavy atom. The molecule has 34 heavy (non-hydrogen) atoms. The molecule has 0 saturated carbocycles. The lowest BCUT2D eigenvalue weighted by molar-refractivity contribution is -0.117. The lowest BCUT2D eigenvalue weighted by Gasteiger charge is -2.34. The van der Waals surface area contributed by atoms with E-state index in [4.69, 9.17) is 0 Å². The molecule has 2 atom stereocenters. The Balaban J connectivity index is 1.28. The molecule has 180 valence electrons. The van der Waals surface area contributed by atoms with Gasteiger partial charge >= 0.3 is 0 Å². The number of anilines is 2. The third-order valence-electron chi connectivity index (χ3n) is 7.06. The summed E-state index contributed by atoms with van der Waals surface area (Å²) in [7, 11) is -3.07. The van der Waals surface area contributed by atoms with Crippen molar-refractivity contribution in [1.82, 2.24) is 0 Å². The first-order valence-corrected chi connectivity index (χ1v) is 14.8. The van der Waals surface area contributed by atoms with Gasteiger partial charge in [0, 0.05) is 36.1 Å². The van der Waals surface area contributed by atoms with E-state index in [9.17, 15) is 13.2 Å². The quantitative estimate of drug-likeness (QED) is 0.618. The third kappa shape index (κ3) is 5.03. The molecule has 0 aliphatic carbocycles. The van der Waals surface area contributed by atoms with E-state index < -0.39 is 9.84 Å². The normalized spacial score (nSPS) is 25.6. The molecular weight excluding hydrogens is 466 g/mol. The minimum Gasteiger partial charge on any atom is -0.372 e. The van der Waals surface area contributed by atoms with Gasteiger partial charge in [-0.05, 0) is 55.0 Å². The number of amides is 1. The molecule has 3 aliphatic heterocycles. The van der Waals surface area contributed by atoms with Crippen LogP contribution < -0.4 is 9.80 Å². The van der Waals surface area contributed by atoms with Gasteiger partial charge in [-0.15, -0.1) is 0 Å². The van der Waals surface area contributed by atoms with E-state index in [0.717, 1.165) is 31.1 Å². The van der Waals surface area contributed by atoms with Crippen LogP contribution in [0.3, 0.4) is 0 Å². The highest BCUT2D eigenvalue weighted by Gasteiger charge is 2.49. The summed E-state index contributed by atoms with van der Waals surface area (Å²) in [5.41, 5.74) is 3.51. The molecule has 3 fully saturated rings. The van der Waals surface area contributed by atoms with Crippen LogP contribution >= 0.6 is 11.8 Å². The molecule has 0 bridgehead atoms. The van der Waals surface area contributed by atoms with Gasteiger partial charge < -0.3 is 9.80 Å². The number of carbonyl (C=O) groups is 1. The van der Waals surface area contributed by atoms with Gasteiger partial charge in [0.2, 0.25) is 5.91 Å². The van der Waals surface area contributed by atoms with E-state index in [0.29, 0.717) is 11.6 Å². The topological polar surface area (TPSA) is 70.0 Å². The van der Waals surface area contributed by atoms with Crippen LogP contribution in [-0.2, 0) is 21.1 Å². The summed E-state index contributed by atoms with van der Waals surface area (Å²) in [6.07, 6.45) is 3.84. The van der Waals surface area contributed by atoms with Crippen LogP contribution in [0, 0.1) is 5.92 Å². The number of rotatable bonds is 5. The largest absolute Gasteiger partial charge is 0.372 e. The molecule has 0 radical (unpaired) electrons. The van der Waals surface area contributed by atoms with Gasteiger partial charge in [0.25, 0.3) is 0 Å². The molecule has 0 aromatic heterocycles. The Morgan fingerprint density at radius 3 is 2.35 bits per heavy atom. The van der Waals surface area contributed by atoms with E-state index in [1.165, 1.54) is 35.9 Å². The fourth-order valence-corrected chi connectivity index (χ4v) is 9.15. The zero-order valence-electron chi connectivity index (χ0n) is 19.5. The van der Waals surface area contributed by atoms with Crippen molar-refractivity contribution in [3.63, 3.8) is 0 Å². The second-order valence-corrected chi connectivity index (χ2v) is 12.8. The molecule has 5 rings (SSSR count). The predicted octanol–water partition coefficient (Wildman–Crippen LogP) is 4.16. The first kappa shape index (κ1) is 23.4. The standard InChI is InChI=1S/C26H31N3O3S2/c1-2-25(30)27-26-29(23-17-34(31,32)18-24(23)33-26)22-10-8-21(9-11-22)28-14-12-20(13-15-28)16-19-6-4-3-5-7-19/h3-11,20,23-24H,2,12-18H2,1H3. The number of benzene rings is 2. The van der Waals surface area contributed by atoms with Gasteiger partial charge in [0.1, 0.15) is 0 Å². The van der Waals surface area contributed by atoms with Gasteiger partial charge in [-0.25, -0.2) is 8.42 Å². The second kappa shape index (κ2) is 9.74. The highest BCUT2D eigenvalue weighted by atomic mass is 32.2. The minimum atomic E-state index is -3.07. The molecule has 2 aromatic carbocycles. The summed E-state index contributed by atoms with van der Waals surface area (Å²) in [6.45, 7) is 3.87. The molecule has 3 aliphatic rings. The number of thioether (sulfide) groups is 1. The summed E-state index contributed by atoms with van der Waals surface area (Å²) in [6, 6.07) is 18.9. The van der Waals surface area contributed by atoms with Gasteiger partial charge in [0.05, 0.1) is 17.5 Å². The number of hydrogen-bond donors (Lipinski definition) is 0. The van der Waals surface area contributed by atoms with Gasteiger partial charge in [-0.3, -0.25) is 4.79 Å². The number of nitrogens with zero attached hydrogens (tertiary/aromatic N) is 3. The Bertz CT molecular complexity index is 1160. The van der Waals surface area contributed by atoms with E-state index in [2.05, 4.69) is 52.4 Å². The highest BCUT2D eigenvalue weighted by Crippen LogP contribution is 2.41. The maximum Gasteiger partial charge on any atom is 0.247 e. The van der Waals surface area contributed by atoms with Crippen molar-refractivity contribution in [3.8, 4) is 0 Å². The molecule has 8 heteroatoms. The third-order valence-corrected chi connectivity index (χ3v) is 10.3. The summed E-state index contributed by atoms with van der Waals surface area (Å²) in [4.78, 5) is 20.7. The zero-order chi connectivity index (χ0) is 23.7. The Hall–Kier alpha value is -2.32. The van der Waals surface area contributed by atoms with E-state index in [1.54, 1.807) is 6.92 Å². The van der Waals surface area contributed by atoms with Gasteiger partial charge in [-0.2, -0.15) is 4.99 Å². The van der Waals surface area contributed by atoms with E-state index in [-0.39, 0.29) is 28.7 Å². The molecule has 0 N–H and O–H groups in total. The first-order chi connectivity index (χ1) is 16.4. The summed E-state index contributed by atoms with van der Waals surface area (Å²) in [5.74, 6) is 0.801. The maximum atomic E-state index is 12.3. The number of hydrogen-bond acceptors (Lipinski definition) is 5. The molecule has 1 amide bonds. The van der Waals surface area contributed by atoms with Crippen LogP contribution in [0.15, 0.2) is 59.6 Å². The maximum absolute atomic E-state index is 12.3. The predicted molar refractivity (Wildman–Crippen MR) is 141 cm³/mol. The lowest BCUT2D eigenvalue weighted by atomic mass is 9.90.